The topological polar surface area (TPSA) is 80.6 Å². The number of urea groups is 1. The molecule has 1 aliphatic heterocycles. The molecule has 1 N–H and O–H groups in total. The normalized spacial score (nSPS) is 14.9. The van der Waals surface area contributed by atoms with Crippen LogP contribution < -0.4 is 15.0 Å². The smallest absolute Gasteiger partial charge is 0.335 e. The average molecular weight is 514 g/mol. The Bertz CT molecular complexity index is 1540. The molecule has 0 spiro atoms. The van der Waals surface area contributed by atoms with Crippen molar-refractivity contribution in [1.82, 2.24) is 9.88 Å². The van der Waals surface area contributed by atoms with Gasteiger partial charge in [-0.25, -0.2) is 9.69 Å². The summed E-state index contributed by atoms with van der Waals surface area (Å²) in [7, 11) is 0. The van der Waals surface area contributed by atoms with Gasteiger partial charge in [0, 0.05) is 34.2 Å². The van der Waals surface area contributed by atoms with Crippen molar-refractivity contribution in [3.63, 3.8) is 0 Å². The van der Waals surface area contributed by atoms with E-state index >= 15 is 0 Å². The molecule has 0 saturated carbocycles. The first-order valence-corrected chi connectivity index (χ1v) is 12.2. The summed E-state index contributed by atoms with van der Waals surface area (Å²) in [6.45, 7) is 3.26. The Kier molecular flexibility index (Phi) is 6.79. The van der Waals surface area contributed by atoms with Crippen molar-refractivity contribution in [3.8, 4) is 5.75 Å². The van der Waals surface area contributed by atoms with E-state index in [0.717, 1.165) is 33.5 Å². The number of nitrogens with zero attached hydrogens (tertiary/aromatic N) is 2. The molecule has 4 amide bonds. The highest BCUT2D eigenvalue weighted by Crippen LogP contribution is 2.27. The van der Waals surface area contributed by atoms with Crippen LogP contribution in [-0.2, 0) is 16.1 Å². The van der Waals surface area contributed by atoms with Gasteiger partial charge in [0.15, 0.2) is 0 Å². The van der Waals surface area contributed by atoms with E-state index in [9.17, 15) is 14.4 Å². The van der Waals surface area contributed by atoms with Crippen LogP contribution in [0.3, 0.4) is 0 Å². The first-order chi connectivity index (χ1) is 17.9. The SMILES string of the molecule is Cc1cccc(OCCCn2cc(/C=C3/C(=O)NC(=O)N(c4ccc(Cl)cc4)C3=O)c3ccccc32)c1. The number of aryl methyl sites for hydroxylation is 2. The van der Waals surface area contributed by atoms with Gasteiger partial charge in [-0.3, -0.25) is 14.9 Å². The first kappa shape index (κ1) is 24.3. The monoisotopic (exact) mass is 513 g/mol. The lowest BCUT2D eigenvalue weighted by molar-refractivity contribution is -0.122. The van der Waals surface area contributed by atoms with Crippen molar-refractivity contribution in [2.24, 2.45) is 0 Å². The van der Waals surface area contributed by atoms with Crippen LogP contribution in [0.5, 0.6) is 5.75 Å². The number of hydrogen-bond acceptors (Lipinski definition) is 4. The van der Waals surface area contributed by atoms with Crippen molar-refractivity contribution in [2.45, 2.75) is 19.9 Å². The van der Waals surface area contributed by atoms with Gasteiger partial charge in [0.1, 0.15) is 11.3 Å². The van der Waals surface area contributed by atoms with Crippen LogP contribution in [-0.4, -0.2) is 29.0 Å². The Labute approximate surface area is 218 Å². The third-order valence-electron chi connectivity index (χ3n) is 6.11. The summed E-state index contributed by atoms with van der Waals surface area (Å²) in [5, 5.41) is 3.63. The van der Waals surface area contributed by atoms with E-state index in [4.69, 9.17) is 16.3 Å². The molecule has 0 unspecified atom stereocenters. The van der Waals surface area contributed by atoms with E-state index in [1.54, 1.807) is 24.3 Å². The maximum atomic E-state index is 13.3. The van der Waals surface area contributed by atoms with Gasteiger partial charge >= 0.3 is 6.03 Å². The largest absolute Gasteiger partial charge is 0.494 e. The highest BCUT2D eigenvalue weighted by Gasteiger charge is 2.37. The third-order valence-corrected chi connectivity index (χ3v) is 6.36. The Morgan fingerprint density at radius 2 is 1.76 bits per heavy atom. The molecular formula is C29H24ClN3O4. The number of imide groups is 2. The van der Waals surface area contributed by atoms with E-state index in [-0.39, 0.29) is 5.57 Å². The lowest BCUT2D eigenvalue weighted by atomic mass is 10.1. The Balaban J connectivity index is 1.40. The highest BCUT2D eigenvalue weighted by molar-refractivity contribution is 6.39. The molecule has 2 heterocycles. The molecule has 4 aromatic rings. The number of barbiturate groups is 1. The van der Waals surface area contributed by atoms with Crippen molar-refractivity contribution < 1.29 is 19.1 Å². The zero-order chi connectivity index (χ0) is 25.9. The Morgan fingerprint density at radius 3 is 2.54 bits per heavy atom. The minimum absolute atomic E-state index is 0.125. The fourth-order valence-corrected chi connectivity index (χ4v) is 4.47. The molecule has 37 heavy (non-hydrogen) atoms. The van der Waals surface area contributed by atoms with Gasteiger partial charge in [-0.15, -0.1) is 0 Å². The number of hydrogen-bond donors (Lipinski definition) is 1. The number of para-hydroxylation sites is 1. The summed E-state index contributed by atoms with van der Waals surface area (Å²) < 4.78 is 7.96. The Morgan fingerprint density at radius 1 is 0.973 bits per heavy atom. The number of benzene rings is 3. The van der Waals surface area contributed by atoms with Crippen molar-refractivity contribution in [2.75, 3.05) is 11.5 Å². The van der Waals surface area contributed by atoms with Gasteiger partial charge < -0.3 is 9.30 Å². The molecule has 1 aliphatic rings. The number of anilines is 1. The van der Waals surface area contributed by atoms with Crippen LogP contribution in [0.15, 0.2) is 84.6 Å². The average Bonchev–Trinajstić information content (AvgIpc) is 3.23. The fourth-order valence-electron chi connectivity index (χ4n) is 4.34. The van der Waals surface area contributed by atoms with Gasteiger partial charge in [-0.2, -0.15) is 0 Å². The summed E-state index contributed by atoms with van der Waals surface area (Å²) >= 11 is 5.94. The van der Waals surface area contributed by atoms with Gasteiger partial charge in [0.05, 0.1) is 12.3 Å². The van der Waals surface area contributed by atoms with Crippen LogP contribution >= 0.6 is 11.6 Å². The molecule has 7 nitrogen and oxygen atoms in total. The van der Waals surface area contributed by atoms with Crippen LogP contribution in [0.25, 0.3) is 17.0 Å². The number of fused-ring (bicyclic) bond motifs is 1. The number of carbonyl (C=O) groups excluding carboxylic acids is 3. The summed E-state index contributed by atoms with van der Waals surface area (Å²) in [5.74, 6) is -0.590. The Hall–Kier alpha value is -4.36. The number of nitrogens with one attached hydrogen (secondary N) is 1. The van der Waals surface area contributed by atoms with E-state index < -0.39 is 17.8 Å². The molecule has 0 aliphatic carbocycles. The lowest BCUT2D eigenvalue weighted by Crippen LogP contribution is -2.54. The second-order valence-electron chi connectivity index (χ2n) is 8.75. The maximum absolute atomic E-state index is 13.3. The molecule has 0 bridgehead atoms. The molecule has 1 aromatic heterocycles. The van der Waals surface area contributed by atoms with Gasteiger partial charge in [0.25, 0.3) is 11.8 Å². The predicted octanol–water partition coefficient (Wildman–Crippen LogP) is 5.74. The molecule has 0 radical (unpaired) electrons. The van der Waals surface area contributed by atoms with Crippen LogP contribution in [0.4, 0.5) is 10.5 Å². The molecular weight excluding hydrogens is 490 g/mol. The molecule has 8 heteroatoms. The molecule has 1 saturated heterocycles. The number of aromatic nitrogens is 1. The maximum Gasteiger partial charge on any atom is 0.335 e. The number of carbonyl (C=O) groups is 3. The first-order valence-electron chi connectivity index (χ1n) is 11.8. The molecule has 1 fully saturated rings. The van der Waals surface area contributed by atoms with Crippen molar-refractivity contribution >= 4 is 52.1 Å². The van der Waals surface area contributed by atoms with Crippen LogP contribution in [0.1, 0.15) is 17.5 Å². The van der Waals surface area contributed by atoms with E-state index in [1.165, 1.54) is 6.08 Å². The minimum atomic E-state index is -0.800. The standard InChI is InChI=1S/C29H24ClN3O4/c1-19-6-4-7-23(16-19)37-15-5-14-32-18-20(24-8-2-3-9-26(24)32)17-25-27(34)31-29(36)33(28(25)35)22-12-10-21(30)11-13-22/h2-4,6-13,16-18H,5,14-15H2,1H3,(H,31,34,36)/b25-17-. The van der Waals surface area contributed by atoms with Crippen LogP contribution in [0.2, 0.25) is 5.02 Å². The second kappa shape index (κ2) is 10.3. The summed E-state index contributed by atoms with van der Waals surface area (Å²) in [6, 6.07) is 21.2. The van der Waals surface area contributed by atoms with Gasteiger partial charge in [-0.05, 0) is 67.4 Å². The van der Waals surface area contributed by atoms with Gasteiger partial charge in [0.2, 0.25) is 0 Å². The number of ether oxygens (including phenoxy) is 1. The summed E-state index contributed by atoms with van der Waals surface area (Å²) in [4.78, 5) is 39.4. The second-order valence-corrected chi connectivity index (χ2v) is 9.18. The van der Waals surface area contributed by atoms with Crippen LogP contribution in [0, 0.1) is 6.92 Å². The van der Waals surface area contributed by atoms with Crippen molar-refractivity contribution in [3.05, 3.63) is 101 Å². The fraction of sp³-hybridized carbons (Fsp3) is 0.138. The quantitative estimate of drug-likeness (QED) is 0.194. The molecule has 5 rings (SSSR count). The molecule has 3 aromatic carbocycles. The van der Waals surface area contributed by atoms with E-state index in [0.29, 0.717) is 29.4 Å². The van der Waals surface area contributed by atoms with Crippen molar-refractivity contribution in [1.29, 1.82) is 0 Å². The number of halogens is 1. The third kappa shape index (κ3) is 5.13. The minimum Gasteiger partial charge on any atom is -0.494 e. The number of amides is 4. The molecule has 186 valence electrons. The summed E-state index contributed by atoms with van der Waals surface area (Å²) in [5.41, 5.74) is 3.02. The van der Waals surface area contributed by atoms with Gasteiger partial charge in [-0.1, -0.05) is 41.9 Å². The lowest BCUT2D eigenvalue weighted by Gasteiger charge is -2.26. The summed E-state index contributed by atoms with van der Waals surface area (Å²) in [6.07, 6.45) is 4.21. The van der Waals surface area contributed by atoms with E-state index in [1.807, 2.05) is 61.7 Å². The van der Waals surface area contributed by atoms with E-state index in [2.05, 4.69) is 9.88 Å². The number of rotatable bonds is 7. The molecule has 0 atom stereocenters. The highest BCUT2D eigenvalue weighted by atomic mass is 35.5. The zero-order valence-corrected chi connectivity index (χ0v) is 20.9. The predicted molar refractivity (Wildman–Crippen MR) is 144 cm³/mol. The zero-order valence-electron chi connectivity index (χ0n) is 20.1.